The first-order valence-corrected chi connectivity index (χ1v) is 14.7. The number of phosphoric acid groups is 1. The molecule has 0 bridgehead atoms. The van der Waals surface area contributed by atoms with E-state index in [1.54, 1.807) is 21.6 Å². The van der Waals surface area contributed by atoms with E-state index in [1.807, 2.05) is 24.3 Å². The quantitative estimate of drug-likeness (QED) is 0.385. The molecule has 2 aromatic rings. The summed E-state index contributed by atoms with van der Waals surface area (Å²) in [6.07, 6.45) is -1.72. The fraction of sp³-hybridized carbons (Fsp3) is 0.545. The fourth-order valence-electron chi connectivity index (χ4n) is 3.74. The Morgan fingerprint density at radius 2 is 2.09 bits per heavy atom. The molecule has 2 fully saturated rings. The number of rotatable bonds is 7. The van der Waals surface area contributed by atoms with Crippen molar-refractivity contribution < 1.29 is 27.3 Å². The third-order valence-corrected chi connectivity index (χ3v) is 10.3. The van der Waals surface area contributed by atoms with Crippen LogP contribution in [0.1, 0.15) is 39.5 Å². The van der Waals surface area contributed by atoms with Crippen molar-refractivity contribution in [2.45, 2.75) is 67.9 Å². The van der Waals surface area contributed by atoms with Crippen molar-refractivity contribution in [3.63, 3.8) is 0 Å². The lowest BCUT2D eigenvalue weighted by atomic mass is 9.98. The number of nitrogen functional groups attached to an aromatic ring is 1. The second-order valence-electron chi connectivity index (χ2n) is 9.46. The molecule has 4 rings (SSSR count). The number of anilines is 1. The van der Waals surface area contributed by atoms with Gasteiger partial charge in [0.2, 0.25) is 0 Å². The number of phosphoric ester groups is 1. The van der Waals surface area contributed by atoms with Crippen LogP contribution in [-0.2, 0) is 29.3 Å². The molecule has 2 saturated heterocycles. The van der Waals surface area contributed by atoms with Crippen molar-refractivity contribution >= 4 is 35.2 Å². The highest BCUT2D eigenvalue weighted by molar-refractivity contribution is 8.77. The van der Waals surface area contributed by atoms with Crippen LogP contribution in [0, 0.1) is 0 Å². The highest BCUT2D eigenvalue weighted by Gasteiger charge is 2.61. The number of nitrogens with zero attached hydrogens (tertiary/aromatic N) is 2. The van der Waals surface area contributed by atoms with Gasteiger partial charge >= 0.3 is 13.5 Å². The molecule has 35 heavy (non-hydrogen) atoms. The van der Waals surface area contributed by atoms with Crippen molar-refractivity contribution in [1.82, 2.24) is 9.55 Å². The first-order chi connectivity index (χ1) is 16.4. The summed E-state index contributed by atoms with van der Waals surface area (Å²) in [6, 6.07) is 9.27. The van der Waals surface area contributed by atoms with Crippen LogP contribution in [0.2, 0.25) is 0 Å². The Morgan fingerprint density at radius 3 is 2.80 bits per heavy atom. The predicted molar refractivity (Wildman–Crippen MR) is 134 cm³/mol. The molecule has 5 atom stereocenters. The molecule has 1 aromatic carbocycles. The summed E-state index contributed by atoms with van der Waals surface area (Å²) in [5, 5.41) is 0. The van der Waals surface area contributed by atoms with Crippen molar-refractivity contribution in [3.8, 4) is 0 Å². The molecule has 1 aromatic heterocycles. The largest absolute Gasteiger partial charge is 0.475 e. The number of aromatic nitrogens is 2. The van der Waals surface area contributed by atoms with Crippen LogP contribution >= 0.6 is 29.4 Å². The molecule has 0 aliphatic carbocycles. The molecule has 2 aliphatic rings. The van der Waals surface area contributed by atoms with Gasteiger partial charge in [0, 0.05) is 15.8 Å². The first-order valence-electron chi connectivity index (χ1n) is 11.1. The molecule has 1 unspecified atom stereocenters. The van der Waals surface area contributed by atoms with Crippen LogP contribution in [0.15, 0.2) is 46.2 Å². The monoisotopic (exact) mass is 545 g/mol. The van der Waals surface area contributed by atoms with Crippen molar-refractivity contribution in [2.75, 3.05) is 18.9 Å². The Kier molecular flexibility index (Phi) is 7.74. The van der Waals surface area contributed by atoms with Gasteiger partial charge in [-0.25, -0.2) is 13.8 Å². The number of fused-ring (bicyclic) bond motifs is 1. The third-order valence-electron chi connectivity index (χ3n) is 5.40. The minimum atomic E-state index is -4.05. The molecule has 0 saturated carbocycles. The summed E-state index contributed by atoms with van der Waals surface area (Å²) in [5.41, 5.74) is 3.58. The number of alkyl halides is 1. The molecule has 0 amide bonds. The predicted octanol–water partition coefficient (Wildman–Crippen LogP) is 4.77. The Bertz CT molecular complexity index is 1170. The Balaban J connectivity index is 1.41. The average Bonchev–Trinajstić information content (AvgIpc) is 3.02. The molecule has 13 heteroatoms. The van der Waals surface area contributed by atoms with E-state index in [-0.39, 0.29) is 23.8 Å². The van der Waals surface area contributed by atoms with Crippen LogP contribution in [0.3, 0.4) is 0 Å². The maximum absolute atomic E-state index is 15.8. The Hall–Kier alpha value is -1.40. The number of nitrogens with two attached hydrogens (primary N) is 1. The van der Waals surface area contributed by atoms with E-state index in [9.17, 15) is 9.36 Å². The summed E-state index contributed by atoms with van der Waals surface area (Å²) in [7, 11) is -0.624. The molecule has 0 spiro atoms. The highest BCUT2D eigenvalue weighted by Crippen LogP contribution is 2.59. The average molecular weight is 546 g/mol. The van der Waals surface area contributed by atoms with E-state index in [1.165, 1.54) is 19.2 Å². The van der Waals surface area contributed by atoms with Gasteiger partial charge in [-0.15, -0.1) is 0 Å². The van der Waals surface area contributed by atoms with Gasteiger partial charge in [0.05, 0.1) is 13.2 Å². The van der Waals surface area contributed by atoms with Crippen LogP contribution in [0.4, 0.5) is 10.2 Å². The van der Waals surface area contributed by atoms with Crippen LogP contribution < -0.4 is 11.4 Å². The molecular weight excluding hydrogens is 516 g/mol. The first kappa shape index (κ1) is 26.7. The maximum atomic E-state index is 15.8. The zero-order valence-electron chi connectivity index (χ0n) is 19.9. The van der Waals surface area contributed by atoms with Crippen molar-refractivity contribution in [3.05, 3.63) is 52.6 Å². The zero-order valence-corrected chi connectivity index (χ0v) is 22.4. The lowest BCUT2D eigenvalue weighted by molar-refractivity contribution is -0.0724. The smallest absolute Gasteiger partial charge is 0.383 e. The van der Waals surface area contributed by atoms with Gasteiger partial charge in [-0.2, -0.15) is 4.98 Å². The number of hydrogen-bond donors (Lipinski definition) is 1. The summed E-state index contributed by atoms with van der Waals surface area (Å²) in [4.78, 5) is 16.9. The van der Waals surface area contributed by atoms with Gasteiger partial charge in [-0.1, -0.05) is 60.6 Å². The standard InChI is InChI=1S/C22H29FN3O6PS2/c1-21(2,3)35-34-16-8-6-5-7-14(16)10-12-29-33(28)30-13-15-18(32-33)22(4,23)19(31-15)26-11-9-17(24)25-20(26)27/h5-9,11,15,18-19H,10,12-13H2,1-4H3,(H2,24,25,27)/t15-,18-,19-,22-,33?/m1/s1. The summed E-state index contributed by atoms with van der Waals surface area (Å²) in [6.45, 7) is 7.50. The number of ether oxygens (including phenoxy) is 1. The van der Waals surface area contributed by atoms with E-state index >= 15 is 4.39 Å². The van der Waals surface area contributed by atoms with Crippen LogP contribution in [-0.4, -0.2) is 45.4 Å². The van der Waals surface area contributed by atoms with Gasteiger partial charge in [-0.05, 0) is 31.0 Å². The fourth-order valence-corrected chi connectivity index (χ4v) is 7.46. The lowest BCUT2D eigenvalue weighted by Crippen LogP contribution is -2.46. The van der Waals surface area contributed by atoms with Crippen LogP contribution in [0.25, 0.3) is 0 Å². The molecule has 2 aliphatic heterocycles. The van der Waals surface area contributed by atoms with E-state index in [0.717, 1.165) is 15.0 Å². The minimum Gasteiger partial charge on any atom is -0.383 e. The molecular formula is C22H29FN3O6PS2. The van der Waals surface area contributed by atoms with Gasteiger partial charge in [0.25, 0.3) is 0 Å². The van der Waals surface area contributed by atoms with Gasteiger partial charge < -0.3 is 10.5 Å². The van der Waals surface area contributed by atoms with E-state index in [4.69, 9.17) is 24.0 Å². The van der Waals surface area contributed by atoms with Crippen LogP contribution in [0.5, 0.6) is 0 Å². The van der Waals surface area contributed by atoms with E-state index in [2.05, 4.69) is 25.8 Å². The van der Waals surface area contributed by atoms with Gasteiger partial charge in [0.15, 0.2) is 11.9 Å². The second kappa shape index (κ2) is 10.2. The highest BCUT2D eigenvalue weighted by atomic mass is 33.1. The Labute approximate surface area is 211 Å². The summed E-state index contributed by atoms with van der Waals surface area (Å²) >= 11 is 0. The van der Waals surface area contributed by atoms with Crippen molar-refractivity contribution in [2.24, 2.45) is 0 Å². The van der Waals surface area contributed by atoms with E-state index in [0.29, 0.717) is 6.42 Å². The molecule has 0 radical (unpaired) electrons. The molecule has 192 valence electrons. The zero-order chi connectivity index (χ0) is 25.4. The van der Waals surface area contributed by atoms with Gasteiger partial charge in [-0.3, -0.25) is 18.1 Å². The number of halogens is 1. The number of hydrogen-bond acceptors (Lipinski definition) is 10. The minimum absolute atomic E-state index is 0.0108. The second-order valence-corrected chi connectivity index (χ2v) is 14.1. The SMILES string of the molecule is CC(C)(C)SSc1ccccc1CCOP1(=O)OC[C@H]2O[C@@H](n3ccc(N)nc3=O)[C@](C)(F)[C@@H]2O1. The Morgan fingerprint density at radius 1 is 1.34 bits per heavy atom. The summed E-state index contributed by atoms with van der Waals surface area (Å²) < 4.78 is 52.2. The molecule has 9 nitrogen and oxygen atoms in total. The molecule has 2 N–H and O–H groups in total. The third kappa shape index (κ3) is 6.12. The van der Waals surface area contributed by atoms with E-state index < -0.39 is 37.6 Å². The van der Waals surface area contributed by atoms with Gasteiger partial charge in [0.1, 0.15) is 18.0 Å². The summed E-state index contributed by atoms with van der Waals surface area (Å²) in [5.74, 6) is 0.0108. The number of benzene rings is 1. The maximum Gasteiger partial charge on any atom is 0.475 e. The normalized spacial score (nSPS) is 30.8. The topological polar surface area (TPSA) is 115 Å². The molecule has 3 heterocycles. The lowest BCUT2D eigenvalue weighted by Gasteiger charge is -2.33. The van der Waals surface area contributed by atoms with Crippen molar-refractivity contribution in [1.29, 1.82) is 0 Å².